The summed E-state index contributed by atoms with van der Waals surface area (Å²) in [5.74, 6) is -0.244. The summed E-state index contributed by atoms with van der Waals surface area (Å²) < 4.78 is 67.1. The van der Waals surface area contributed by atoms with Gasteiger partial charge in [0, 0.05) is 31.7 Å². The van der Waals surface area contributed by atoms with Gasteiger partial charge in [-0.05, 0) is 41.8 Å². The number of halogens is 3. The Morgan fingerprint density at radius 3 is 2.00 bits per heavy atom. The van der Waals surface area contributed by atoms with Crippen molar-refractivity contribution in [3.05, 3.63) is 89.5 Å². The maximum Gasteiger partial charge on any atom is 0.417 e. The number of carbonyl (C=O) groups excluding carboxylic acids is 1. The minimum Gasteiger partial charge on any atom is -0.336 e. The lowest BCUT2D eigenvalue weighted by molar-refractivity contribution is -0.139. The van der Waals surface area contributed by atoms with Crippen LogP contribution < -0.4 is 0 Å². The minimum absolute atomic E-state index is 0.0777. The van der Waals surface area contributed by atoms with Crippen LogP contribution >= 0.6 is 0 Å². The van der Waals surface area contributed by atoms with Crippen LogP contribution in [0.2, 0.25) is 0 Å². The van der Waals surface area contributed by atoms with E-state index in [4.69, 9.17) is 0 Å². The molecule has 9 heteroatoms. The maximum atomic E-state index is 13.4. The van der Waals surface area contributed by atoms with Crippen LogP contribution in [0.4, 0.5) is 13.2 Å². The molecule has 4 rings (SSSR count). The van der Waals surface area contributed by atoms with E-state index in [9.17, 15) is 26.4 Å². The molecule has 1 fully saturated rings. The molecule has 1 aliphatic heterocycles. The lowest BCUT2D eigenvalue weighted by Gasteiger charge is -2.34. The van der Waals surface area contributed by atoms with Gasteiger partial charge in [0.2, 0.25) is 10.0 Å². The summed E-state index contributed by atoms with van der Waals surface area (Å²) in [6.45, 7) is 1.93. The number of nitrogens with zero attached hydrogens (tertiary/aromatic N) is 2. The van der Waals surface area contributed by atoms with Crippen LogP contribution in [-0.4, -0.2) is 49.7 Å². The topological polar surface area (TPSA) is 57.7 Å². The van der Waals surface area contributed by atoms with E-state index < -0.39 is 26.7 Å². The molecule has 0 spiro atoms. The highest BCUT2D eigenvalue weighted by atomic mass is 32.2. The zero-order chi connectivity index (χ0) is 24.5. The van der Waals surface area contributed by atoms with E-state index in [0.717, 1.165) is 39.2 Å². The highest BCUT2D eigenvalue weighted by molar-refractivity contribution is 7.89. The summed E-state index contributed by atoms with van der Waals surface area (Å²) in [5, 5.41) is 0. The molecule has 1 saturated heterocycles. The Kier molecular flexibility index (Phi) is 6.51. The highest BCUT2D eigenvalue weighted by Gasteiger charge is 2.40. The Morgan fingerprint density at radius 1 is 0.794 bits per heavy atom. The summed E-state index contributed by atoms with van der Waals surface area (Å²) in [6, 6.07) is 19.1. The number of amides is 1. The van der Waals surface area contributed by atoms with Crippen molar-refractivity contribution in [2.24, 2.45) is 0 Å². The van der Waals surface area contributed by atoms with Gasteiger partial charge in [-0.2, -0.15) is 17.5 Å². The monoisotopic (exact) mass is 488 g/mol. The first-order chi connectivity index (χ1) is 16.1. The van der Waals surface area contributed by atoms with Gasteiger partial charge in [-0.3, -0.25) is 4.79 Å². The van der Waals surface area contributed by atoms with Crippen molar-refractivity contribution in [3.8, 4) is 11.1 Å². The van der Waals surface area contributed by atoms with E-state index in [1.165, 1.54) is 6.07 Å². The van der Waals surface area contributed by atoms with Crippen molar-refractivity contribution in [1.82, 2.24) is 9.21 Å². The van der Waals surface area contributed by atoms with Gasteiger partial charge in [-0.25, -0.2) is 8.42 Å². The summed E-state index contributed by atoms with van der Waals surface area (Å²) in [4.78, 5) is 14.1. The average molecular weight is 489 g/mol. The van der Waals surface area contributed by atoms with E-state index in [0.29, 0.717) is 5.56 Å². The lowest BCUT2D eigenvalue weighted by Crippen LogP contribution is -2.50. The smallest absolute Gasteiger partial charge is 0.336 e. The predicted molar refractivity (Wildman–Crippen MR) is 123 cm³/mol. The third-order valence-electron chi connectivity index (χ3n) is 5.93. The average Bonchev–Trinajstić information content (AvgIpc) is 2.83. The van der Waals surface area contributed by atoms with Crippen LogP contribution in [0.5, 0.6) is 0 Å². The predicted octanol–water partition coefficient (Wildman–Crippen LogP) is 4.83. The Bertz CT molecular complexity index is 1310. The molecule has 3 aromatic rings. The van der Waals surface area contributed by atoms with Crippen molar-refractivity contribution in [3.63, 3.8) is 0 Å². The van der Waals surface area contributed by atoms with Crippen LogP contribution in [0, 0.1) is 6.92 Å². The molecule has 1 amide bonds. The quantitative estimate of drug-likeness (QED) is 0.529. The minimum atomic E-state index is -4.79. The lowest BCUT2D eigenvalue weighted by atomic mass is 9.95. The fourth-order valence-electron chi connectivity index (χ4n) is 4.15. The van der Waals surface area contributed by atoms with Crippen molar-refractivity contribution in [2.45, 2.75) is 18.0 Å². The molecule has 0 saturated carbocycles. The van der Waals surface area contributed by atoms with Crippen molar-refractivity contribution in [2.75, 3.05) is 26.2 Å². The zero-order valence-corrected chi connectivity index (χ0v) is 19.2. The van der Waals surface area contributed by atoms with Crippen molar-refractivity contribution in [1.29, 1.82) is 0 Å². The molecule has 0 radical (unpaired) electrons. The van der Waals surface area contributed by atoms with Gasteiger partial charge in [-0.1, -0.05) is 54.6 Å². The van der Waals surface area contributed by atoms with Gasteiger partial charge < -0.3 is 4.90 Å². The first-order valence-corrected chi connectivity index (χ1v) is 12.2. The fourth-order valence-corrected chi connectivity index (χ4v) is 5.78. The second-order valence-electron chi connectivity index (χ2n) is 8.05. The molecule has 178 valence electrons. The maximum absolute atomic E-state index is 13.4. The SMILES string of the molecule is Cc1ccccc1-c1ccccc1C(=O)N1CCN(S(=O)(=O)c2ccccc2C(F)(F)F)CC1. The van der Waals surface area contributed by atoms with Gasteiger partial charge in [0.25, 0.3) is 5.91 Å². The Labute approximate surface area is 196 Å². The third kappa shape index (κ3) is 4.58. The number of rotatable bonds is 4. The number of alkyl halides is 3. The Balaban J connectivity index is 1.55. The number of sulfonamides is 1. The largest absolute Gasteiger partial charge is 0.417 e. The molecule has 0 bridgehead atoms. The van der Waals surface area contributed by atoms with Crippen LogP contribution in [0.1, 0.15) is 21.5 Å². The van der Waals surface area contributed by atoms with Crippen LogP contribution in [-0.2, 0) is 16.2 Å². The second-order valence-corrected chi connectivity index (χ2v) is 9.96. The molecular formula is C25H23F3N2O3S. The Morgan fingerprint density at radius 2 is 1.35 bits per heavy atom. The van der Waals surface area contributed by atoms with Crippen LogP contribution in [0.25, 0.3) is 11.1 Å². The summed E-state index contributed by atoms with van der Waals surface area (Å²) in [5.41, 5.74) is 2.02. The molecular weight excluding hydrogens is 465 g/mol. The normalized spacial score (nSPS) is 15.4. The number of piperazine rings is 1. The standard InChI is InChI=1S/C25H23F3N2O3S/c1-18-8-2-3-9-19(18)20-10-4-5-11-21(20)24(31)29-14-16-30(17-15-29)34(32,33)23-13-7-6-12-22(23)25(26,27)28/h2-13H,14-17H2,1H3. The number of hydrogen-bond acceptors (Lipinski definition) is 3. The molecule has 5 nitrogen and oxygen atoms in total. The summed E-state index contributed by atoms with van der Waals surface area (Å²) in [6.07, 6.45) is -4.79. The number of hydrogen-bond donors (Lipinski definition) is 0. The van der Waals surface area contributed by atoms with Crippen LogP contribution in [0.15, 0.2) is 77.7 Å². The molecule has 3 aromatic carbocycles. The first kappa shape index (κ1) is 24.0. The summed E-state index contributed by atoms with van der Waals surface area (Å²) in [7, 11) is -4.37. The van der Waals surface area contributed by atoms with E-state index in [2.05, 4.69) is 0 Å². The number of benzene rings is 3. The third-order valence-corrected chi connectivity index (χ3v) is 7.89. The van der Waals surface area contributed by atoms with E-state index in [-0.39, 0.29) is 32.1 Å². The van der Waals surface area contributed by atoms with Crippen molar-refractivity contribution < 1.29 is 26.4 Å². The van der Waals surface area contributed by atoms with Gasteiger partial charge in [0.1, 0.15) is 0 Å². The molecule has 1 aliphatic rings. The number of aryl methyl sites for hydroxylation is 1. The summed E-state index contributed by atoms with van der Waals surface area (Å²) >= 11 is 0. The molecule has 34 heavy (non-hydrogen) atoms. The van der Waals surface area contributed by atoms with E-state index in [1.54, 1.807) is 17.0 Å². The first-order valence-electron chi connectivity index (χ1n) is 10.7. The van der Waals surface area contributed by atoms with Gasteiger partial charge >= 0.3 is 6.18 Å². The Hall–Kier alpha value is -3.17. The molecule has 1 heterocycles. The second kappa shape index (κ2) is 9.23. The molecule has 0 atom stereocenters. The molecule has 0 N–H and O–H groups in total. The van der Waals surface area contributed by atoms with Crippen LogP contribution in [0.3, 0.4) is 0 Å². The highest BCUT2D eigenvalue weighted by Crippen LogP contribution is 2.35. The van der Waals surface area contributed by atoms with E-state index in [1.807, 2.05) is 43.3 Å². The van der Waals surface area contributed by atoms with Gasteiger partial charge in [0.15, 0.2) is 0 Å². The van der Waals surface area contributed by atoms with E-state index >= 15 is 0 Å². The van der Waals surface area contributed by atoms with Gasteiger partial charge in [0.05, 0.1) is 10.5 Å². The molecule has 0 aliphatic carbocycles. The zero-order valence-electron chi connectivity index (χ0n) is 18.4. The number of carbonyl (C=O) groups is 1. The molecule has 0 unspecified atom stereocenters. The van der Waals surface area contributed by atoms with Crippen molar-refractivity contribution >= 4 is 15.9 Å². The fraction of sp³-hybridized carbons (Fsp3) is 0.240. The molecule has 0 aromatic heterocycles. The van der Waals surface area contributed by atoms with Gasteiger partial charge in [-0.15, -0.1) is 0 Å².